The number of piperazine rings is 1. The van der Waals surface area contributed by atoms with Crippen molar-refractivity contribution in [1.82, 2.24) is 15.1 Å². The van der Waals surface area contributed by atoms with E-state index in [-0.39, 0.29) is 41.1 Å². The Kier molecular flexibility index (Phi) is 10.4. The molecule has 0 aliphatic carbocycles. The fourth-order valence-corrected chi connectivity index (χ4v) is 4.86. The number of halogens is 1. The molecule has 2 rings (SSSR count). The average molecular weight is 507 g/mol. The van der Waals surface area contributed by atoms with Gasteiger partial charge in [0, 0.05) is 42.8 Å². The van der Waals surface area contributed by atoms with Crippen molar-refractivity contribution >= 4 is 35.1 Å². The summed E-state index contributed by atoms with van der Waals surface area (Å²) >= 11 is 5.92. The van der Waals surface area contributed by atoms with E-state index in [1.54, 1.807) is 34.1 Å². The van der Waals surface area contributed by atoms with Gasteiger partial charge in [-0.05, 0) is 54.9 Å². The number of amides is 4. The Hall–Kier alpha value is -2.28. The Bertz CT molecular complexity index is 868. The van der Waals surface area contributed by atoms with Crippen LogP contribution in [0.25, 0.3) is 0 Å². The third-order valence-electron chi connectivity index (χ3n) is 6.59. The standard InChI is InChI=1S/C27H43ClN4O3/c1-8-19(3)24(30-23(33)15-18(2)16-27(5,6)7)25(34)31-13-14-32(20(4)17-31)26(35)29-22-11-9-21(28)10-12-22/h9-12,18-20,24H,8,13-17H2,1-7H3,(H,29,35)(H,30,33). The monoisotopic (exact) mass is 506 g/mol. The van der Waals surface area contributed by atoms with Gasteiger partial charge in [0.15, 0.2) is 0 Å². The molecule has 4 atom stereocenters. The molecule has 0 radical (unpaired) electrons. The zero-order valence-electron chi connectivity index (χ0n) is 22.4. The summed E-state index contributed by atoms with van der Waals surface area (Å²) in [5.41, 5.74) is 0.826. The maximum atomic E-state index is 13.5. The Morgan fingerprint density at radius 2 is 1.74 bits per heavy atom. The third kappa shape index (κ3) is 9.02. The molecule has 1 aromatic carbocycles. The van der Waals surface area contributed by atoms with Crippen LogP contribution in [0.15, 0.2) is 24.3 Å². The molecule has 8 heteroatoms. The molecular formula is C27H43ClN4O3. The summed E-state index contributed by atoms with van der Waals surface area (Å²) in [6.07, 6.45) is 2.14. The highest BCUT2D eigenvalue weighted by molar-refractivity contribution is 6.30. The van der Waals surface area contributed by atoms with Crippen molar-refractivity contribution in [2.24, 2.45) is 17.3 Å². The van der Waals surface area contributed by atoms with Crippen LogP contribution in [0.1, 0.15) is 67.7 Å². The minimum atomic E-state index is -0.559. The van der Waals surface area contributed by atoms with Crippen molar-refractivity contribution < 1.29 is 14.4 Å². The largest absolute Gasteiger partial charge is 0.344 e. The number of benzene rings is 1. The minimum Gasteiger partial charge on any atom is -0.344 e. The predicted octanol–water partition coefficient (Wildman–Crippen LogP) is 5.40. The fraction of sp³-hybridized carbons (Fsp3) is 0.667. The van der Waals surface area contributed by atoms with Gasteiger partial charge < -0.3 is 20.4 Å². The maximum absolute atomic E-state index is 13.5. The van der Waals surface area contributed by atoms with Crippen molar-refractivity contribution in [3.8, 4) is 0 Å². The van der Waals surface area contributed by atoms with E-state index in [1.807, 2.05) is 20.8 Å². The summed E-state index contributed by atoms with van der Waals surface area (Å²) in [7, 11) is 0. The normalized spacial score (nSPS) is 19.0. The van der Waals surface area contributed by atoms with Crippen molar-refractivity contribution in [3.63, 3.8) is 0 Å². The molecule has 2 N–H and O–H groups in total. The second kappa shape index (κ2) is 12.6. The number of nitrogens with zero attached hydrogens (tertiary/aromatic N) is 2. The van der Waals surface area contributed by atoms with Gasteiger partial charge in [0.05, 0.1) is 0 Å². The highest BCUT2D eigenvalue weighted by atomic mass is 35.5. The quantitative estimate of drug-likeness (QED) is 0.495. The number of rotatable bonds is 8. The Morgan fingerprint density at radius 3 is 2.29 bits per heavy atom. The van der Waals surface area contributed by atoms with Crippen molar-refractivity contribution in [3.05, 3.63) is 29.3 Å². The number of carbonyl (C=O) groups excluding carboxylic acids is 3. The van der Waals surface area contributed by atoms with Crippen LogP contribution in [0.5, 0.6) is 0 Å². The lowest BCUT2D eigenvalue weighted by Gasteiger charge is -2.41. The molecule has 196 valence electrons. The van der Waals surface area contributed by atoms with Crippen molar-refractivity contribution in [2.75, 3.05) is 25.0 Å². The van der Waals surface area contributed by atoms with Crippen molar-refractivity contribution in [2.45, 2.75) is 79.8 Å². The van der Waals surface area contributed by atoms with Gasteiger partial charge in [0.2, 0.25) is 11.8 Å². The first-order valence-electron chi connectivity index (χ1n) is 12.7. The van der Waals surface area contributed by atoms with E-state index in [0.717, 1.165) is 12.8 Å². The first-order chi connectivity index (χ1) is 16.3. The number of carbonyl (C=O) groups is 3. The first-order valence-corrected chi connectivity index (χ1v) is 13.1. The zero-order chi connectivity index (χ0) is 26.3. The lowest BCUT2D eigenvalue weighted by molar-refractivity contribution is -0.140. The molecule has 0 bridgehead atoms. The lowest BCUT2D eigenvalue weighted by Crippen LogP contribution is -2.60. The SMILES string of the molecule is CCC(C)C(NC(=O)CC(C)CC(C)(C)C)C(=O)N1CCN(C(=O)Nc2ccc(Cl)cc2)C(C)C1. The van der Waals surface area contributed by atoms with Crippen LogP contribution in [0, 0.1) is 17.3 Å². The molecule has 1 heterocycles. The number of hydrogen-bond acceptors (Lipinski definition) is 3. The van der Waals surface area contributed by atoms with Gasteiger partial charge in [0.25, 0.3) is 0 Å². The van der Waals surface area contributed by atoms with Crippen molar-refractivity contribution in [1.29, 1.82) is 0 Å². The van der Waals surface area contributed by atoms with E-state index in [2.05, 4.69) is 38.3 Å². The van der Waals surface area contributed by atoms with Crippen LogP contribution in [0.4, 0.5) is 10.5 Å². The van der Waals surface area contributed by atoms with E-state index in [9.17, 15) is 14.4 Å². The lowest BCUT2D eigenvalue weighted by atomic mass is 9.84. The van der Waals surface area contributed by atoms with Crippen LogP contribution in [0.3, 0.4) is 0 Å². The maximum Gasteiger partial charge on any atom is 0.322 e. The molecular weight excluding hydrogens is 464 g/mol. The molecule has 1 aliphatic heterocycles. The van der Waals surface area contributed by atoms with Crippen LogP contribution in [0.2, 0.25) is 5.02 Å². The Morgan fingerprint density at radius 1 is 1.11 bits per heavy atom. The zero-order valence-corrected chi connectivity index (χ0v) is 23.1. The molecule has 1 aliphatic rings. The van der Waals surface area contributed by atoms with Crippen LogP contribution < -0.4 is 10.6 Å². The minimum absolute atomic E-state index is 0.0194. The molecule has 0 saturated carbocycles. The molecule has 1 fully saturated rings. The molecule has 1 aromatic rings. The van der Waals surface area contributed by atoms with Gasteiger partial charge in [-0.1, -0.05) is 59.6 Å². The summed E-state index contributed by atoms with van der Waals surface area (Å²) in [5, 5.41) is 6.53. The fourth-order valence-electron chi connectivity index (χ4n) is 4.73. The van der Waals surface area contributed by atoms with Gasteiger partial charge in [-0.15, -0.1) is 0 Å². The molecule has 0 aromatic heterocycles. The van der Waals surface area contributed by atoms with Gasteiger partial charge >= 0.3 is 6.03 Å². The summed E-state index contributed by atoms with van der Waals surface area (Å²) in [6, 6.07) is 6.05. The second-order valence-corrected chi connectivity index (χ2v) is 11.7. The molecule has 0 spiro atoms. The van der Waals surface area contributed by atoms with Gasteiger partial charge in [-0.25, -0.2) is 4.79 Å². The number of urea groups is 1. The molecule has 4 unspecified atom stereocenters. The molecule has 7 nitrogen and oxygen atoms in total. The summed E-state index contributed by atoms with van der Waals surface area (Å²) in [4.78, 5) is 42.6. The molecule has 4 amide bonds. The van der Waals surface area contributed by atoms with Crippen LogP contribution >= 0.6 is 11.6 Å². The van der Waals surface area contributed by atoms with Crippen LogP contribution in [-0.2, 0) is 9.59 Å². The van der Waals surface area contributed by atoms with E-state index in [0.29, 0.717) is 36.8 Å². The van der Waals surface area contributed by atoms with E-state index in [4.69, 9.17) is 11.6 Å². The summed E-state index contributed by atoms with van der Waals surface area (Å²) in [6.45, 7) is 15.8. The van der Waals surface area contributed by atoms with Gasteiger partial charge in [-0.2, -0.15) is 0 Å². The average Bonchev–Trinajstić information content (AvgIpc) is 2.76. The molecule has 1 saturated heterocycles. The Balaban J connectivity index is 1.98. The van der Waals surface area contributed by atoms with E-state index >= 15 is 0 Å². The highest BCUT2D eigenvalue weighted by Gasteiger charge is 2.35. The number of anilines is 1. The first kappa shape index (κ1) is 29.0. The third-order valence-corrected chi connectivity index (χ3v) is 6.84. The van der Waals surface area contributed by atoms with Crippen LogP contribution in [-0.4, -0.2) is 59.4 Å². The van der Waals surface area contributed by atoms with Gasteiger partial charge in [-0.3, -0.25) is 9.59 Å². The topological polar surface area (TPSA) is 81.8 Å². The summed E-state index contributed by atoms with van der Waals surface area (Å²) in [5.74, 6) is 0.117. The van der Waals surface area contributed by atoms with E-state index in [1.165, 1.54) is 0 Å². The highest BCUT2D eigenvalue weighted by Crippen LogP contribution is 2.26. The summed E-state index contributed by atoms with van der Waals surface area (Å²) < 4.78 is 0. The smallest absolute Gasteiger partial charge is 0.322 e. The Labute approximate surface area is 215 Å². The van der Waals surface area contributed by atoms with E-state index < -0.39 is 6.04 Å². The number of hydrogen-bond donors (Lipinski definition) is 2. The van der Waals surface area contributed by atoms with Gasteiger partial charge in [0.1, 0.15) is 6.04 Å². The molecule has 35 heavy (non-hydrogen) atoms. The number of nitrogens with one attached hydrogen (secondary N) is 2. The predicted molar refractivity (Wildman–Crippen MR) is 142 cm³/mol. The second-order valence-electron chi connectivity index (χ2n) is 11.3.